The highest BCUT2D eigenvalue weighted by Crippen LogP contribution is 2.35. The van der Waals surface area contributed by atoms with Crippen LogP contribution in [0.25, 0.3) is 0 Å². The lowest BCUT2D eigenvalue weighted by Gasteiger charge is -2.29. The zero-order valence-corrected chi connectivity index (χ0v) is 14.6. The van der Waals surface area contributed by atoms with Crippen LogP contribution in [-0.2, 0) is 15.1 Å². The minimum Gasteiger partial charge on any atom is -0.352 e. The Morgan fingerprint density at radius 3 is 2.33 bits per heavy atom. The minimum absolute atomic E-state index is 0.0483. The first-order valence-electron chi connectivity index (χ1n) is 8.25. The minimum atomic E-state index is -1.11. The summed E-state index contributed by atoms with van der Waals surface area (Å²) in [6.07, 6.45) is 0.476. The average molecular weight is 331 g/mol. The Balaban J connectivity index is 2.32. The molecule has 2 rings (SSSR count). The molecule has 0 aliphatic carbocycles. The molecule has 1 atom stereocenters. The molecule has 0 bridgehead atoms. The highest BCUT2D eigenvalue weighted by molar-refractivity contribution is 6.09. The van der Waals surface area contributed by atoms with Crippen molar-refractivity contribution < 1.29 is 14.4 Å². The molecule has 1 aliphatic heterocycles. The fraction of sp³-hybridized carbons (Fsp3) is 0.500. The topological polar surface area (TPSA) is 78.5 Å². The Morgan fingerprint density at radius 1 is 1.17 bits per heavy atom. The monoisotopic (exact) mass is 331 g/mol. The first-order chi connectivity index (χ1) is 11.3. The maximum absolute atomic E-state index is 13.1. The van der Waals surface area contributed by atoms with Gasteiger partial charge in [-0.15, -0.1) is 0 Å². The van der Waals surface area contributed by atoms with Gasteiger partial charge >= 0.3 is 6.03 Å². The Hall–Kier alpha value is -2.37. The molecule has 0 saturated carbocycles. The van der Waals surface area contributed by atoms with E-state index in [-0.39, 0.29) is 30.3 Å². The smallest absolute Gasteiger partial charge is 0.325 e. The van der Waals surface area contributed by atoms with E-state index < -0.39 is 11.6 Å². The third-order valence-corrected chi connectivity index (χ3v) is 3.91. The first kappa shape index (κ1) is 18.0. The Bertz CT molecular complexity index is 628. The van der Waals surface area contributed by atoms with Crippen LogP contribution in [0.15, 0.2) is 30.3 Å². The molecule has 130 valence electrons. The van der Waals surface area contributed by atoms with Crippen molar-refractivity contribution in [2.24, 2.45) is 5.92 Å². The second-order valence-corrected chi connectivity index (χ2v) is 6.91. The molecule has 1 saturated heterocycles. The van der Waals surface area contributed by atoms with Crippen LogP contribution in [0.5, 0.6) is 0 Å². The van der Waals surface area contributed by atoms with Crippen LogP contribution in [0.1, 0.15) is 39.7 Å². The van der Waals surface area contributed by atoms with E-state index in [4.69, 9.17) is 0 Å². The van der Waals surface area contributed by atoms with Crippen LogP contribution in [-0.4, -0.2) is 35.3 Å². The number of nitrogens with zero attached hydrogens (tertiary/aromatic N) is 1. The molecule has 6 heteroatoms. The lowest BCUT2D eigenvalue weighted by atomic mass is 9.82. The lowest BCUT2D eigenvalue weighted by Crippen LogP contribution is -2.46. The number of carbonyl (C=O) groups excluding carboxylic acids is 3. The van der Waals surface area contributed by atoms with Crippen molar-refractivity contribution in [2.45, 2.75) is 45.7 Å². The van der Waals surface area contributed by atoms with Gasteiger partial charge in [0.1, 0.15) is 12.1 Å². The number of rotatable bonds is 6. The number of carbonyl (C=O) groups is 3. The summed E-state index contributed by atoms with van der Waals surface area (Å²) in [5, 5.41) is 5.54. The van der Waals surface area contributed by atoms with Crippen LogP contribution in [0.4, 0.5) is 4.79 Å². The molecule has 0 unspecified atom stereocenters. The number of hydrogen-bond acceptors (Lipinski definition) is 3. The SMILES string of the molecule is CC(C)C[C@@]1(c2ccccc2)NC(=O)N(CC(=O)NC(C)C)C1=O. The summed E-state index contributed by atoms with van der Waals surface area (Å²) < 4.78 is 0. The molecule has 4 amide bonds. The number of hydrogen-bond donors (Lipinski definition) is 2. The summed E-state index contributed by atoms with van der Waals surface area (Å²) in [5.74, 6) is -0.521. The second kappa shape index (κ2) is 7.03. The van der Waals surface area contributed by atoms with Crippen molar-refractivity contribution >= 4 is 17.8 Å². The maximum atomic E-state index is 13.1. The zero-order valence-electron chi connectivity index (χ0n) is 14.6. The van der Waals surface area contributed by atoms with E-state index >= 15 is 0 Å². The van der Waals surface area contributed by atoms with E-state index in [1.54, 1.807) is 0 Å². The molecule has 0 aromatic heterocycles. The molecule has 0 spiro atoms. The van der Waals surface area contributed by atoms with Crippen molar-refractivity contribution in [2.75, 3.05) is 6.54 Å². The van der Waals surface area contributed by atoms with Gasteiger partial charge in [0.2, 0.25) is 5.91 Å². The Kier molecular flexibility index (Phi) is 5.26. The standard InChI is InChI=1S/C18H25N3O3/c1-12(2)10-18(14-8-6-5-7-9-14)16(23)21(17(24)20-18)11-15(22)19-13(3)4/h5-9,12-13H,10-11H2,1-4H3,(H,19,22)(H,20,24)/t18-/m0/s1. The largest absolute Gasteiger partial charge is 0.352 e. The van der Waals surface area contributed by atoms with Crippen molar-refractivity contribution in [1.29, 1.82) is 0 Å². The lowest BCUT2D eigenvalue weighted by molar-refractivity contribution is -0.135. The molecule has 6 nitrogen and oxygen atoms in total. The number of imide groups is 1. The van der Waals surface area contributed by atoms with E-state index in [1.807, 2.05) is 58.0 Å². The summed E-state index contributed by atoms with van der Waals surface area (Å²) in [5.41, 5.74) is -0.367. The van der Waals surface area contributed by atoms with E-state index in [1.165, 1.54) is 0 Å². The van der Waals surface area contributed by atoms with Gasteiger partial charge in [-0.3, -0.25) is 14.5 Å². The molecule has 2 N–H and O–H groups in total. The molecule has 1 aliphatic rings. The van der Waals surface area contributed by atoms with Crippen molar-refractivity contribution in [3.8, 4) is 0 Å². The second-order valence-electron chi connectivity index (χ2n) is 6.91. The molecule has 1 fully saturated rings. The summed E-state index contributed by atoms with van der Waals surface area (Å²) in [6.45, 7) is 7.39. The Morgan fingerprint density at radius 2 is 1.79 bits per heavy atom. The third-order valence-electron chi connectivity index (χ3n) is 3.91. The third kappa shape index (κ3) is 3.58. The van der Waals surface area contributed by atoms with Gasteiger partial charge in [0.05, 0.1) is 0 Å². The normalized spacial score (nSPS) is 20.7. The average Bonchev–Trinajstić information content (AvgIpc) is 2.72. The van der Waals surface area contributed by atoms with Gasteiger partial charge in [0.15, 0.2) is 0 Å². The molecule has 24 heavy (non-hydrogen) atoms. The van der Waals surface area contributed by atoms with Crippen LogP contribution in [0.3, 0.4) is 0 Å². The number of benzene rings is 1. The van der Waals surface area contributed by atoms with E-state index in [9.17, 15) is 14.4 Å². The van der Waals surface area contributed by atoms with Gasteiger partial charge in [-0.2, -0.15) is 0 Å². The Labute approximate surface area is 142 Å². The summed E-state index contributed by atoms with van der Waals surface area (Å²) in [4.78, 5) is 38.4. The number of urea groups is 1. The molecule has 0 radical (unpaired) electrons. The van der Waals surface area contributed by atoms with Gasteiger partial charge in [-0.1, -0.05) is 44.2 Å². The van der Waals surface area contributed by atoms with E-state index in [2.05, 4.69) is 10.6 Å². The van der Waals surface area contributed by atoms with Gasteiger partial charge in [-0.25, -0.2) is 4.79 Å². The summed E-state index contributed by atoms with van der Waals surface area (Å²) in [6, 6.07) is 8.63. The highest BCUT2D eigenvalue weighted by atomic mass is 16.2. The summed E-state index contributed by atoms with van der Waals surface area (Å²) in [7, 11) is 0. The van der Waals surface area contributed by atoms with Crippen molar-refractivity contribution in [3.63, 3.8) is 0 Å². The molecular formula is C18H25N3O3. The molecule has 1 aromatic rings. The fourth-order valence-electron chi connectivity index (χ4n) is 3.07. The summed E-state index contributed by atoms with van der Waals surface area (Å²) >= 11 is 0. The van der Waals surface area contributed by atoms with E-state index in [0.717, 1.165) is 10.5 Å². The molecule has 1 aromatic carbocycles. The highest BCUT2D eigenvalue weighted by Gasteiger charge is 2.52. The molecule has 1 heterocycles. The zero-order chi connectivity index (χ0) is 17.9. The van der Waals surface area contributed by atoms with Gasteiger partial charge in [-0.05, 0) is 31.7 Å². The quantitative estimate of drug-likeness (QED) is 0.783. The van der Waals surface area contributed by atoms with Gasteiger partial charge in [0, 0.05) is 6.04 Å². The van der Waals surface area contributed by atoms with Crippen LogP contribution in [0, 0.1) is 5.92 Å². The predicted octanol–water partition coefficient (Wildman–Crippen LogP) is 2.00. The number of nitrogens with one attached hydrogen (secondary N) is 2. The van der Waals surface area contributed by atoms with Gasteiger partial charge in [0.25, 0.3) is 5.91 Å². The van der Waals surface area contributed by atoms with Crippen molar-refractivity contribution in [3.05, 3.63) is 35.9 Å². The fourth-order valence-corrected chi connectivity index (χ4v) is 3.07. The van der Waals surface area contributed by atoms with Gasteiger partial charge < -0.3 is 10.6 Å². The molecular weight excluding hydrogens is 306 g/mol. The number of amides is 4. The maximum Gasteiger partial charge on any atom is 0.325 e. The van der Waals surface area contributed by atoms with Crippen LogP contribution in [0.2, 0.25) is 0 Å². The predicted molar refractivity (Wildman–Crippen MR) is 91.1 cm³/mol. The van der Waals surface area contributed by atoms with E-state index in [0.29, 0.717) is 6.42 Å². The van der Waals surface area contributed by atoms with Crippen LogP contribution < -0.4 is 10.6 Å². The van der Waals surface area contributed by atoms with Crippen LogP contribution >= 0.6 is 0 Å². The van der Waals surface area contributed by atoms with Crippen molar-refractivity contribution in [1.82, 2.24) is 15.5 Å². The first-order valence-corrected chi connectivity index (χ1v) is 8.25.